The molecule has 0 spiro atoms. The second-order valence-corrected chi connectivity index (χ2v) is 5.36. The highest BCUT2D eigenvalue weighted by Crippen LogP contribution is 2.28. The maximum absolute atomic E-state index is 12.9. The van der Waals surface area contributed by atoms with E-state index in [1.165, 1.54) is 6.07 Å². The monoisotopic (exact) mass is 341 g/mol. The molecule has 1 unspecified atom stereocenters. The number of benzene rings is 1. The van der Waals surface area contributed by atoms with Crippen LogP contribution < -0.4 is 5.32 Å². The molecule has 3 aromatic rings. The van der Waals surface area contributed by atoms with E-state index in [4.69, 9.17) is 11.6 Å². The average Bonchev–Trinajstić information content (AvgIpc) is 2.91. The Morgan fingerprint density at radius 1 is 1.09 bits per heavy atom. The second kappa shape index (κ2) is 5.69. The molecule has 0 bridgehead atoms. The van der Waals surface area contributed by atoms with Crippen LogP contribution in [0.3, 0.4) is 0 Å². The van der Waals surface area contributed by atoms with Gasteiger partial charge in [0.15, 0.2) is 5.65 Å². The van der Waals surface area contributed by atoms with Crippen LogP contribution in [0.5, 0.6) is 0 Å². The van der Waals surface area contributed by atoms with Gasteiger partial charge in [0.25, 0.3) is 5.82 Å². The van der Waals surface area contributed by atoms with Crippen LogP contribution in [0, 0.1) is 0 Å². The Morgan fingerprint density at radius 2 is 1.78 bits per heavy atom. The first-order chi connectivity index (χ1) is 10.8. The molecule has 0 fully saturated rings. The minimum Gasteiger partial charge on any atom is -0.362 e. The number of hydrogen-bond acceptors (Lipinski definition) is 4. The van der Waals surface area contributed by atoms with Gasteiger partial charge in [-0.3, -0.25) is 0 Å². The summed E-state index contributed by atoms with van der Waals surface area (Å²) in [4.78, 5) is 0. The Morgan fingerprint density at radius 3 is 2.43 bits per heavy atom. The van der Waals surface area contributed by atoms with Crippen molar-refractivity contribution in [3.05, 3.63) is 52.8 Å². The van der Waals surface area contributed by atoms with Crippen LogP contribution in [0.25, 0.3) is 5.65 Å². The highest BCUT2D eigenvalue weighted by Gasteiger charge is 2.37. The zero-order chi connectivity index (χ0) is 16.6. The molecule has 3 rings (SSSR count). The zero-order valence-electron chi connectivity index (χ0n) is 11.8. The van der Waals surface area contributed by atoms with E-state index in [-0.39, 0.29) is 17.5 Å². The standard InChI is InChI=1S/C14H11ClF3N5/c1-8(9-2-4-10(15)5-3-9)19-11-6-7-12-20-21-13(14(16,17)18)23(12)22-11/h2-8H,1H3,(H,19,22). The molecule has 0 amide bonds. The molecule has 5 nitrogen and oxygen atoms in total. The number of nitrogens with zero attached hydrogens (tertiary/aromatic N) is 4. The molecule has 2 heterocycles. The Balaban J connectivity index is 1.89. The van der Waals surface area contributed by atoms with Crippen molar-refractivity contribution in [1.29, 1.82) is 0 Å². The van der Waals surface area contributed by atoms with Crippen LogP contribution in [-0.4, -0.2) is 19.8 Å². The van der Waals surface area contributed by atoms with Crippen LogP contribution in [0.2, 0.25) is 5.02 Å². The van der Waals surface area contributed by atoms with Gasteiger partial charge in [-0.05, 0) is 36.8 Å². The number of hydrogen-bond donors (Lipinski definition) is 1. The molecular formula is C14H11ClF3N5. The predicted molar refractivity (Wildman–Crippen MR) is 79.3 cm³/mol. The molecule has 0 radical (unpaired) electrons. The normalized spacial score (nSPS) is 13.3. The number of nitrogens with one attached hydrogen (secondary N) is 1. The highest BCUT2D eigenvalue weighted by molar-refractivity contribution is 6.30. The summed E-state index contributed by atoms with van der Waals surface area (Å²) < 4.78 is 39.2. The van der Waals surface area contributed by atoms with E-state index >= 15 is 0 Å². The van der Waals surface area contributed by atoms with E-state index in [9.17, 15) is 13.2 Å². The van der Waals surface area contributed by atoms with E-state index in [0.717, 1.165) is 5.56 Å². The van der Waals surface area contributed by atoms with Crippen molar-refractivity contribution in [2.45, 2.75) is 19.1 Å². The van der Waals surface area contributed by atoms with Crippen molar-refractivity contribution in [2.75, 3.05) is 5.32 Å². The molecule has 0 aliphatic rings. The molecule has 2 aromatic heterocycles. The van der Waals surface area contributed by atoms with Crippen LogP contribution in [0.15, 0.2) is 36.4 Å². The summed E-state index contributed by atoms with van der Waals surface area (Å²) in [6.07, 6.45) is -4.62. The van der Waals surface area contributed by atoms with Gasteiger partial charge in [-0.25, -0.2) is 0 Å². The quantitative estimate of drug-likeness (QED) is 0.783. The van der Waals surface area contributed by atoms with Crippen molar-refractivity contribution >= 4 is 23.1 Å². The fourth-order valence-corrected chi connectivity index (χ4v) is 2.23. The molecule has 0 aliphatic heterocycles. The molecule has 0 aliphatic carbocycles. The first-order valence-corrected chi connectivity index (χ1v) is 7.04. The molecule has 0 saturated heterocycles. The van der Waals surface area contributed by atoms with Crippen LogP contribution in [0.4, 0.5) is 19.0 Å². The highest BCUT2D eigenvalue weighted by atomic mass is 35.5. The van der Waals surface area contributed by atoms with Crippen molar-refractivity contribution in [1.82, 2.24) is 19.8 Å². The summed E-state index contributed by atoms with van der Waals surface area (Å²) in [5.74, 6) is -0.874. The number of alkyl halides is 3. The molecule has 0 saturated carbocycles. The fourth-order valence-electron chi connectivity index (χ4n) is 2.10. The van der Waals surface area contributed by atoms with E-state index in [1.807, 2.05) is 19.1 Å². The van der Waals surface area contributed by atoms with Crippen LogP contribution in [-0.2, 0) is 6.18 Å². The van der Waals surface area contributed by atoms with E-state index in [0.29, 0.717) is 9.54 Å². The van der Waals surface area contributed by atoms with E-state index in [1.54, 1.807) is 18.2 Å². The minimum atomic E-state index is -4.62. The van der Waals surface area contributed by atoms with Gasteiger partial charge < -0.3 is 5.32 Å². The van der Waals surface area contributed by atoms with Gasteiger partial charge in [0.05, 0.1) is 0 Å². The van der Waals surface area contributed by atoms with Crippen LogP contribution >= 0.6 is 11.6 Å². The maximum atomic E-state index is 12.9. The van der Waals surface area contributed by atoms with E-state index < -0.39 is 12.0 Å². The van der Waals surface area contributed by atoms with Crippen molar-refractivity contribution < 1.29 is 13.2 Å². The number of halogens is 4. The lowest BCUT2D eigenvalue weighted by Crippen LogP contribution is -2.14. The summed E-state index contributed by atoms with van der Waals surface area (Å²) in [6.45, 7) is 1.87. The Kier molecular flexibility index (Phi) is 3.85. The third-order valence-electron chi connectivity index (χ3n) is 3.25. The fraction of sp³-hybridized carbons (Fsp3) is 0.214. The van der Waals surface area contributed by atoms with Crippen molar-refractivity contribution in [2.24, 2.45) is 0 Å². The molecule has 1 atom stereocenters. The number of aromatic nitrogens is 4. The van der Waals surface area contributed by atoms with Crippen LogP contribution in [0.1, 0.15) is 24.4 Å². The Bertz CT molecular complexity index is 829. The summed E-state index contributed by atoms with van der Waals surface area (Å²) >= 11 is 5.83. The lowest BCUT2D eigenvalue weighted by molar-refractivity contribution is -0.146. The first-order valence-electron chi connectivity index (χ1n) is 6.66. The minimum absolute atomic E-state index is 0.0296. The van der Waals surface area contributed by atoms with Gasteiger partial charge >= 0.3 is 6.18 Å². The smallest absolute Gasteiger partial charge is 0.362 e. The third-order valence-corrected chi connectivity index (χ3v) is 3.50. The topological polar surface area (TPSA) is 55.1 Å². The van der Waals surface area contributed by atoms with Gasteiger partial charge in [-0.15, -0.1) is 15.3 Å². The van der Waals surface area contributed by atoms with E-state index in [2.05, 4.69) is 20.6 Å². The average molecular weight is 342 g/mol. The first kappa shape index (κ1) is 15.5. The number of fused-ring (bicyclic) bond motifs is 1. The molecule has 9 heteroatoms. The Hall–Kier alpha value is -2.35. The largest absolute Gasteiger partial charge is 0.453 e. The lowest BCUT2D eigenvalue weighted by atomic mass is 10.1. The molecule has 1 N–H and O–H groups in total. The Labute approximate surface area is 134 Å². The van der Waals surface area contributed by atoms with Crippen molar-refractivity contribution in [3.63, 3.8) is 0 Å². The summed E-state index contributed by atoms with van der Waals surface area (Å²) in [5, 5.41) is 14.2. The van der Waals surface area contributed by atoms with Gasteiger partial charge in [0.2, 0.25) is 0 Å². The van der Waals surface area contributed by atoms with Gasteiger partial charge in [-0.1, -0.05) is 23.7 Å². The summed E-state index contributed by atoms with van der Waals surface area (Å²) in [6, 6.07) is 9.96. The SMILES string of the molecule is CC(Nc1ccc2nnc(C(F)(F)F)n2n1)c1ccc(Cl)cc1. The number of anilines is 1. The predicted octanol–water partition coefficient (Wildman–Crippen LogP) is 3.97. The van der Waals surface area contributed by atoms with Crippen molar-refractivity contribution in [3.8, 4) is 0 Å². The molecule has 23 heavy (non-hydrogen) atoms. The summed E-state index contributed by atoms with van der Waals surface area (Å²) in [7, 11) is 0. The lowest BCUT2D eigenvalue weighted by Gasteiger charge is -2.15. The molecule has 120 valence electrons. The summed E-state index contributed by atoms with van der Waals surface area (Å²) in [5.41, 5.74) is 0.957. The molecule has 1 aromatic carbocycles. The van der Waals surface area contributed by atoms with Gasteiger partial charge in [0, 0.05) is 11.1 Å². The van der Waals surface area contributed by atoms with Gasteiger partial charge in [0.1, 0.15) is 5.82 Å². The van der Waals surface area contributed by atoms with Gasteiger partial charge in [-0.2, -0.15) is 17.7 Å². The second-order valence-electron chi connectivity index (χ2n) is 4.93. The maximum Gasteiger partial charge on any atom is 0.453 e. The number of rotatable bonds is 3. The third kappa shape index (κ3) is 3.21. The zero-order valence-corrected chi connectivity index (χ0v) is 12.6. The molecular weight excluding hydrogens is 331 g/mol.